The molecule has 1 aliphatic heterocycles. The molecule has 0 saturated carbocycles. The number of para-hydroxylation sites is 1. The first-order valence-corrected chi connectivity index (χ1v) is 11.4. The van der Waals surface area contributed by atoms with E-state index in [1.54, 1.807) is 7.05 Å². The molecule has 1 aromatic heterocycles. The third-order valence-electron chi connectivity index (χ3n) is 4.78. The number of hydrogen-bond acceptors (Lipinski definition) is 7. The summed E-state index contributed by atoms with van der Waals surface area (Å²) in [5, 5.41) is 0.814. The smallest absolute Gasteiger partial charge is 0.306 e. The van der Waals surface area contributed by atoms with Crippen LogP contribution in [0.4, 0.5) is 0 Å². The van der Waals surface area contributed by atoms with Gasteiger partial charge in [-0.25, -0.2) is 13.4 Å². The number of benzene rings is 1. The first-order valence-electron chi connectivity index (χ1n) is 8.72. The lowest BCUT2D eigenvalue weighted by molar-refractivity contribution is -0.153. The molecule has 2 aromatic rings. The average Bonchev–Trinajstić information content (AvgIpc) is 3.21. The van der Waals surface area contributed by atoms with Gasteiger partial charge in [0.15, 0.2) is 16.4 Å². The van der Waals surface area contributed by atoms with Crippen LogP contribution >= 0.6 is 11.3 Å². The minimum atomic E-state index is -3.03. The summed E-state index contributed by atoms with van der Waals surface area (Å²) in [4.78, 5) is 30.3. The fraction of sp³-hybridized carbons (Fsp3) is 0.500. The summed E-state index contributed by atoms with van der Waals surface area (Å²) in [5.41, 5.74) is 0.892. The molecule has 146 valence electrons. The molecule has 2 atom stereocenters. The van der Waals surface area contributed by atoms with Crippen LogP contribution in [0.1, 0.15) is 30.8 Å². The number of nitrogens with zero attached hydrogens (tertiary/aromatic N) is 2. The quantitative estimate of drug-likeness (QED) is 0.678. The van der Waals surface area contributed by atoms with E-state index in [1.165, 1.54) is 16.2 Å². The third-order valence-corrected chi connectivity index (χ3v) is 7.82. The van der Waals surface area contributed by atoms with E-state index >= 15 is 0 Å². The maximum absolute atomic E-state index is 12.3. The van der Waals surface area contributed by atoms with Gasteiger partial charge in [-0.15, -0.1) is 11.3 Å². The maximum atomic E-state index is 12.3. The predicted octanol–water partition coefficient (Wildman–Crippen LogP) is 2.18. The molecule has 1 fully saturated rings. The van der Waals surface area contributed by atoms with E-state index in [-0.39, 0.29) is 42.4 Å². The molecule has 0 radical (unpaired) electrons. The molecular formula is C18H22N2O5S2. The Balaban J connectivity index is 1.51. The van der Waals surface area contributed by atoms with Gasteiger partial charge < -0.3 is 9.64 Å². The van der Waals surface area contributed by atoms with Crippen molar-refractivity contribution in [3.05, 3.63) is 29.3 Å². The van der Waals surface area contributed by atoms with Crippen molar-refractivity contribution < 1.29 is 22.7 Å². The van der Waals surface area contributed by atoms with Gasteiger partial charge in [0.1, 0.15) is 5.01 Å². The van der Waals surface area contributed by atoms with Crippen molar-refractivity contribution in [1.82, 2.24) is 9.88 Å². The van der Waals surface area contributed by atoms with Crippen molar-refractivity contribution in [2.45, 2.75) is 25.8 Å². The van der Waals surface area contributed by atoms with Gasteiger partial charge in [-0.3, -0.25) is 9.59 Å². The number of fused-ring (bicyclic) bond motifs is 1. The normalized spacial score (nSPS) is 19.7. The number of likely N-dealkylation sites (N-methyl/N-ethyl adjacent to an activating group) is 1. The number of carbonyl (C=O) groups is 2. The Bertz CT molecular complexity index is 921. The molecular weight excluding hydrogens is 388 g/mol. The monoisotopic (exact) mass is 410 g/mol. The summed E-state index contributed by atoms with van der Waals surface area (Å²) in [6.45, 7) is 1.52. The number of carbonyl (C=O) groups excluding carboxylic acids is 2. The minimum Gasteiger partial charge on any atom is -0.456 e. The van der Waals surface area contributed by atoms with E-state index in [0.29, 0.717) is 6.42 Å². The lowest BCUT2D eigenvalue weighted by Gasteiger charge is -2.23. The second-order valence-electron chi connectivity index (χ2n) is 6.83. The largest absolute Gasteiger partial charge is 0.456 e. The van der Waals surface area contributed by atoms with Crippen LogP contribution in [0.25, 0.3) is 10.2 Å². The molecule has 9 heteroatoms. The van der Waals surface area contributed by atoms with Gasteiger partial charge in [0.25, 0.3) is 5.91 Å². The highest BCUT2D eigenvalue weighted by molar-refractivity contribution is 7.91. The van der Waals surface area contributed by atoms with Crippen LogP contribution in [0.3, 0.4) is 0 Å². The van der Waals surface area contributed by atoms with Gasteiger partial charge in [0.05, 0.1) is 27.8 Å². The Labute approximate surface area is 162 Å². The van der Waals surface area contributed by atoms with Crippen molar-refractivity contribution in [2.24, 2.45) is 5.92 Å². The highest BCUT2D eigenvalue weighted by atomic mass is 32.2. The first-order chi connectivity index (χ1) is 12.7. The van der Waals surface area contributed by atoms with E-state index in [4.69, 9.17) is 4.74 Å². The number of aromatic nitrogens is 1. The summed E-state index contributed by atoms with van der Waals surface area (Å²) >= 11 is 1.53. The molecule has 0 N–H and O–H groups in total. The Kier molecular flexibility index (Phi) is 5.81. The van der Waals surface area contributed by atoms with Crippen LogP contribution in [0.2, 0.25) is 0 Å². The standard InChI is InChI=1S/C18H22N2O5S2/c1-12(18-19-14-5-3-4-6-15(14)26-18)20(2)16(21)10-25-17(22)9-13-7-8-27(23,24)11-13/h3-6,12-13H,7-11H2,1-2H3/t12-,13+/m0/s1. The zero-order valence-corrected chi connectivity index (χ0v) is 16.9. The van der Waals surface area contributed by atoms with Gasteiger partial charge >= 0.3 is 5.97 Å². The van der Waals surface area contributed by atoms with Crippen molar-refractivity contribution in [3.8, 4) is 0 Å². The molecule has 2 heterocycles. The molecule has 3 rings (SSSR count). The number of rotatable bonds is 6. The Hall–Kier alpha value is -2.00. The predicted molar refractivity (Wildman–Crippen MR) is 103 cm³/mol. The third kappa shape index (κ3) is 4.84. The van der Waals surface area contributed by atoms with Gasteiger partial charge in [0.2, 0.25) is 0 Å². The second kappa shape index (κ2) is 7.93. The van der Waals surface area contributed by atoms with Crippen LogP contribution < -0.4 is 0 Å². The fourth-order valence-electron chi connectivity index (χ4n) is 3.02. The molecule has 7 nitrogen and oxygen atoms in total. The second-order valence-corrected chi connectivity index (χ2v) is 10.1. The summed E-state index contributed by atoms with van der Waals surface area (Å²) in [6, 6.07) is 7.53. The zero-order chi connectivity index (χ0) is 19.6. The number of amides is 1. The number of hydrogen-bond donors (Lipinski definition) is 0. The summed E-state index contributed by atoms with van der Waals surface area (Å²) < 4.78 is 29.0. The van der Waals surface area contributed by atoms with Crippen LogP contribution in [-0.4, -0.2) is 55.3 Å². The Morgan fingerprint density at radius 1 is 1.37 bits per heavy atom. The van der Waals surface area contributed by atoms with Gasteiger partial charge in [-0.1, -0.05) is 12.1 Å². The highest BCUT2D eigenvalue weighted by Crippen LogP contribution is 2.29. The fourth-order valence-corrected chi connectivity index (χ4v) is 5.95. The molecule has 0 aliphatic carbocycles. The van der Waals surface area contributed by atoms with Gasteiger partial charge in [-0.05, 0) is 31.4 Å². The van der Waals surface area contributed by atoms with E-state index in [0.717, 1.165) is 15.2 Å². The molecule has 1 aromatic carbocycles. The highest BCUT2D eigenvalue weighted by Gasteiger charge is 2.30. The van der Waals surface area contributed by atoms with E-state index < -0.39 is 15.8 Å². The van der Waals surface area contributed by atoms with Crippen molar-refractivity contribution in [1.29, 1.82) is 0 Å². The van der Waals surface area contributed by atoms with Crippen LogP contribution in [0.5, 0.6) is 0 Å². The van der Waals surface area contributed by atoms with Crippen LogP contribution in [-0.2, 0) is 24.2 Å². The molecule has 1 amide bonds. The molecule has 1 aliphatic rings. The van der Waals surface area contributed by atoms with Crippen molar-refractivity contribution in [2.75, 3.05) is 25.2 Å². The van der Waals surface area contributed by atoms with E-state index in [2.05, 4.69) is 4.98 Å². The van der Waals surface area contributed by atoms with E-state index in [9.17, 15) is 18.0 Å². The van der Waals surface area contributed by atoms with Gasteiger partial charge in [0, 0.05) is 13.5 Å². The lowest BCUT2D eigenvalue weighted by Crippen LogP contribution is -2.33. The number of ether oxygens (including phenoxy) is 1. The number of thiazole rings is 1. The minimum absolute atomic E-state index is 0.0184. The van der Waals surface area contributed by atoms with Crippen LogP contribution in [0.15, 0.2) is 24.3 Å². The van der Waals surface area contributed by atoms with Gasteiger partial charge in [-0.2, -0.15) is 0 Å². The maximum Gasteiger partial charge on any atom is 0.306 e. The zero-order valence-electron chi connectivity index (χ0n) is 15.3. The molecule has 1 saturated heterocycles. The average molecular weight is 411 g/mol. The van der Waals surface area contributed by atoms with Crippen LogP contribution in [0, 0.1) is 5.92 Å². The Morgan fingerprint density at radius 3 is 2.78 bits per heavy atom. The summed E-state index contributed by atoms with van der Waals surface area (Å²) in [7, 11) is -1.38. The SMILES string of the molecule is C[C@@H](c1nc2ccccc2s1)N(C)C(=O)COC(=O)C[C@H]1CCS(=O)(=O)C1. The lowest BCUT2D eigenvalue weighted by atomic mass is 10.1. The Morgan fingerprint density at radius 2 is 2.11 bits per heavy atom. The molecule has 27 heavy (non-hydrogen) atoms. The van der Waals surface area contributed by atoms with Crippen molar-refractivity contribution >= 4 is 43.3 Å². The number of esters is 1. The van der Waals surface area contributed by atoms with E-state index in [1.807, 2.05) is 31.2 Å². The molecule has 0 spiro atoms. The molecule has 0 bridgehead atoms. The summed E-state index contributed by atoms with van der Waals surface area (Å²) in [6.07, 6.45) is 0.504. The molecule has 0 unspecified atom stereocenters. The summed E-state index contributed by atoms with van der Waals surface area (Å²) in [5.74, 6) is -0.936. The van der Waals surface area contributed by atoms with Crippen molar-refractivity contribution in [3.63, 3.8) is 0 Å². The topological polar surface area (TPSA) is 93.6 Å². The number of sulfone groups is 1. The first kappa shape index (κ1) is 19.8.